The number of piperazine rings is 1. The number of ether oxygens (including phenoxy) is 3. The summed E-state index contributed by atoms with van der Waals surface area (Å²) in [6.07, 6.45) is 0. The minimum Gasteiger partial charge on any atom is -0.495 e. The lowest BCUT2D eigenvalue weighted by Gasteiger charge is -2.28. The van der Waals surface area contributed by atoms with E-state index in [1.165, 1.54) is 0 Å². The molecule has 0 spiro atoms. The van der Waals surface area contributed by atoms with Gasteiger partial charge in [0.2, 0.25) is 0 Å². The van der Waals surface area contributed by atoms with Gasteiger partial charge in [0.25, 0.3) is 0 Å². The molecule has 0 saturated carbocycles. The zero-order valence-corrected chi connectivity index (χ0v) is 12.9. The maximum absolute atomic E-state index is 6.35. The molecule has 0 unspecified atom stereocenters. The third-order valence-electron chi connectivity index (χ3n) is 3.45. The highest BCUT2D eigenvalue weighted by Crippen LogP contribution is 2.44. The number of hydrogen-bond donors (Lipinski definition) is 1. The number of halogens is 1. The Morgan fingerprint density at radius 1 is 1.10 bits per heavy atom. The molecule has 0 bridgehead atoms. The van der Waals surface area contributed by atoms with Gasteiger partial charge in [0.05, 0.1) is 21.3 Å². The molecule has 1 aromatic carbocycles. The normalized spacial score (nSPS) is 16.0. The van der Waals surface area contributed by atoms with E-state index in [-0.39, 0.29) is 0 Å². The van der Waals surface area contributed by atoms with Crippen LogP contribution in [0.4, 0.5) is 0 Å². The molecule has 1 heterocycles. The standard InChI is InChI=1S/C14H21ClN2O3/c1-18-11-8-10(9-17-6-4-16-5-7-17)13(19-2)12(15)14(11)20-3/h8,16H,4-7,9H2,1-3H3. The molecule has 1 aromatic rings. The van der Waals surface area contributed by atoms with Crippen molar-refractivity contribution in [2.24, 2.45) is 0 Å². The van der Waals surface area contributed by atoms with Crippen molar-refractivity contribution in [3.8, 4) is 17.2 Å². The lowest BCUT2D eigenvalue weighted by molar-refractivity contribution is 0.229. The van der Waals surface area contributed by atoms with E-state index < -0.39 is 0 Å². The fourth-order valence-corrected chi connectivity index (χ4v) is 2.80. The molecule has 1 fully saturated rings. The zero-order valence-electron chi connectivity index (χ0n) is 12.2. The first-order valence-corrected chi connectivity index (χ1v) is 6.99. The van der Waals surface area contributed by atoms with Gasteiger partial charge in [-0.05, 0) is 6.07 Å². The van der Waals surface area contributed by atoms with Crippen LogP contribution in [0.1, 0.15) is 5.56 Å². The van der Waals surface area contributed by atoms with Crippen LogP contribution in [0.3, 0.4) is 0 Å². The SMILES string of the molecule is COc1cc(CN2CCNCC2)c(OC)c(Cl)c1OC. The summed E-state index contributed by atoms with van der Waals surface area (Å²) in [6, 6.07) is 1.94. The van der Waals surface area contributed by atoms with E-state index in [4.69, 9.17) is 25.8 Å². The highest BCUT2D eigenvalue weighted by molar-refractivity contribution is 6.34. The first kappa shape index (κ1) is 15.2. The molecule has 0 aliphatic carbocycles. The topological polar surface area (TPSA) is 43.0 Å². The fourth-order valence-electron chi connectivity index (χ4n) is 2.43. The monoisotopic (exact) mass is 300 g/mol. The molecule has 1 N–H and O–H groups in total. The van der Waals surface area contributed by atoms with Gasteiger partial charge in [-0.15, -0.1) is 0 Å². The van der Waals surface area contributed by atoms with Crippen molar-refractivity contribution >= 4 is 11.6 Å². The third kappa shape index (κ3) is 3.11. The molecule has 5 nitrogen and oxygen atoms in total. The van der Waals surface area contributed by atoms with Crippen LogP contribution in [0, 0.1) is 0 Å². The second-order valence-electron chi connectivity index (χ2n) is 4.64. The first-order valence-electron chi connectivity index (χ1n) is 6.61. The number of methoxy groups -OCH3 is 3. The first-order chi connectivity index (χ1) is 9.71. The van der Waals surface area contributed by atoms with Gasteiger partial charge in [0, 0.05) is 38.3 Å². The predicted octanol–water partition coefficient (Wildman–Crippen LogP) is 1.77. The van der Waals surface area contributed by atoms with Crippen molar-refractivity contribution in [2.45, 2.75) is 6.54 Å². The van der Waals surface area contributed by atoms with Crippen molar-refractivity contribution < 1.29 is 14.2 Å². The van der Waals surface area contributed by atoms with Gasteiger partial charge < -0.3 is 19.5 Å². The Balaban J connectivity index is 2.32. The molecule has 1 aliphatic rings. The molecule has 1 saturated heterocycles. The summed E-state index contributed by atoms with van der Waals surface area (Å²) in [4.78, 5) is 2.36. The van der Waals surface area contributed by atoms with E-state index in [9.17, 15) is 0 Å². The van der Waals surface area contributed by atoms with Gasteiger partial charge in [-0.3, -0.25) is 4.90 Å². The Kier molecular flexibility index (Phi) is 5.34. The Hall–Kier alpha value is -1.17. The highest BCUT2D eigenvalue weighted by Gasteiger charge is 2.21. The molecule has 0 atom stereocenters. The molecular formula is C14H21ClN2O3. The Bertz CT molecular complexity index is 462. The van der Waals surface area contributed by atoms with Gasteiger partial charge in [0.1, 0.15) is 10.8 Å². The van der Waals surface area contributed by atoms with Gasteiger partial charge in [-0.2, -0.15) is 0 Å². The summed E-state index contributed by atoms with van der Waals surface area (Å²) in [5, 5.41) is 3.80. The molecule has 0 aromatic heterocycles. The number of nitrogens with zero attached hydrogens (tertiary/aromatic N) is 1. The largest absolute Gasteiger partial charge is 0.495 e. The lowest BCUT2D eigenvalue weighted by atomic mass is 10.1. The van der Waals surface area contributed by atoms with Crippen molar-refractivity contribution in [3.05, 3.63) is 16.7 Å². The van der Waals surface area contributed by atoms with E-state index in [1.807, 2.05) is 6.07 Å². The van der Waals surface area contributed by atoms with E-state index in [0.717, 1.165) is 38.3 Å². The van der Waals surface area contributed by atoms with Gasteiger partial charge in [-0.25, -0.2) is 0 Å². The molecule has 0 radical (unpaired) electrons. The summed E-state index contributed by atoms with van der Waals surface area (Å²) < 4.78 is 16.1. The molecule has 0 amide bonds. The van der Waals surface area contributed by atoms with Gasteiger partial charge >= 0.3 is 0 Å². The third-order valence-corrected chi connectivity index (χ3v) is 3.79. The zero-order chi connectivity index (χ0) is 14.5. The average molecular weight is 301 g/mol. The summed E-state index contributed by atoms with van der Waals surface area (Å²) in [5.74, 6) is 1.79. The van der Waals surface area contributed by atoms with E-state index in [2.05, 4.69) is 10.2 Å². The number of benzene rings is 1. The number of hydrogen-bond acceptors (Lipinski definition) is 5. The minimum absolute atomic E-state index is 0.458. The molecule has 6 heteroatoms. The maximum Gasteiger partial charge on any atom is 0.183 e. The van der Waals surface area contributed by atoms with Crippen molar-refractivity contribution in [1.29, 1.82) is 0 Å². The smallest absolute Gasteiger partial charge is 0.183 e. The van der Waals surface area contributed by atoms with Crippen LogP contribution in [-0.2, 0) is 6.54 Å². The van der Waals surface area contributed by atoms with Crippen LogP contribution in [0.25, 0.3) is 0 Å². The second-order valence-corrected chi connectivity index (χ2v) is 5.02. The highest BCUT2D eigenvalue weighted by atomic mass is 35.5. The fraction of sp³-hybridized carbons (Fsp3) is 0.571. The van der Waals surface area contributed by atoms with Crippen LogP contribution in [0.5, 0.6) is 17.2 Å². The Morgan fingerprint density at radius 2 is 1.75 bits per heavy atom. The van der Waals surface area contributed by atoms with Crippen LogP contribution in [0.2, 0.25) is 5.02 Å². The molecule has 20 heavy (non-hydrogen) atoms. The van der Waals surface area contributed by atoms with Crippen molar-refractivity contribution in [3.63, 3.8) is 0 Å². The Labute approximate surface area is 124 Å². The predicted molar refractivity (Wildman–Crippen MR) is 79.3 cm³/mol. The molecule has 1 aliphatic heterocycles. The second kappa shape index (κ2) is 7.02. The summed E-state index contributed by atoms with van der Waals surface area (Å²) in [5.41, 5.74) is 1.01. The van der Waals surface area contributed by atoms with E-state index in [1.54, 1.807) is 21.3 Å². The van der Waals surface area contributed by atoms with Crippen LogP contribution in [0.15, 0.2) is 6.07 Å². The number of nitrogens with one attached hydrogen (secondary N) is 1. The van der Waals surface area contributed by atoms with Crippen molar-refractivity contribution in [2.75, 3.05) is 47.5 Å². The molecule has 2 rings (SSSR count). The lowest BCUT2D eigenvalue weighted by Crippen LogP contribution is -2.42. The number of rotatable bonds is 5. The quantitative estimate of drug-likeness (QED) is 0.898. The minimum atomic E-state index is 0.458. The summed E-state index contributed by atoms with van der Waals surface area (Å²) in [6.45, 7) is 4.81. The van der Waals surface area contributed by atoms with Crippen molar-refractivity contribution in [1.82, 2.24) is 10.2 Å². The summed E-state index contributed by atoms with van der Waals surface area (Å²) in [7, 11) is 4.79. The molecular weight excluding hydrogens is 280 g/mol. The van der Waals surface area contributed by atoms with Gasteiger partial charge in [-0.1, -0.05) is 11.6 Å². The van der Waals surface area contributed by atoms with E-state index in [0.29, 0.717) is 22.3 Å². The Morgan fingerprint density at radius 3 is 2.30 bits per heavy atom. The van der Waals surface area contributed by atoms with Crippen LogP contribution >= 0.6 is 11.6 Å². The summed E-state index contributed by atoms with van der Waals surface area (Å²) >= 11 is 6.35. The van der Waals surface area contributed by atoms with Gasteiger partial charge in [0.15, 0.2) is 11.5 Å². The van der Waals surface area contributed by atoms with Crippen LogP contribution < -0.4 is 19.5 Å². The van der Waals surface area contributed by atoms with E-state index >= 15 is 0 Å². The molecule has 112 valence electrons. The van der Waals surface area contributed by atoms with Crippen LogP contribution in [-0.4, -0.2) is 52.4 Å². The average Bonchev–Trinajstić information content (AvgIpc) is 2.48. The maximum atomic E-state index is 6.35.